The van der Waals surface area contributed by atoms with E-state index in [1.165, 1.54) is 0 Å². The van der Waals surface area contributed by atoms with Gasteiger partial charge in [-0.05, 0) is 0 Å². The number of rotatable bonds is 9. The molecule has 6 N–H and O–H groups in total. The van der Waals surface area contributed by atoms with Crippen molar-refractivity contribution in [3.8, 4) is 17.2 Å². The van der Waals surface area contributed by atoms with Gasteiger partial charge in [0.1, 0.15) is 95.6 Å². The average Bonchev–Trinajstić information content (AvgIpc) is 3.18. The van der Waals surface area contributed by atoms with Crippen molar-refractivity contribution in [3.63, 3.8) is 0 Å². The smallest absolute Gasteiger partial charge is 0.406 e. The van der Waals surface area contributed by atoms with Gasteiger partial charge in [-0.2, -0.15) is 39.5 Å². The molecule has 0 radical (unpaired) electrons. The van der Waals surface area contributed by atoms with Crippen molar-refractivity contribution in [2.75, 3.05) is 78.9 Å². The molecule has 0 spiro atoms. The van der Waals surface area contributed by atoms with Gasteiger partial charge in [0, 0.05) is 53.9 Å². The minimum atomic E-state index is -4.41. The van der Waals surface area contributed by atoms with Gasteiger partial charge in [-0.25, -0.2) is 0 Å². The molecule has 3 fully saturated rings. The third kappa shape index (κ3) is 16.9. The van der Waals surface area contributed by atoms with Crippen LogP contribution in [0.2, 0.25) is 0 Å². The molecule has 0 bridgehead atoms. The molecule has 0 amide bonds. The second-order valence-electron chi connectivity index (χ2n) is 14.3. The number of pyridine rings is 3. The quantitative estimate of drug-likeness (QED) is 0.112. The Kier molecular flexibility index (Phi) is 19.2. The van der Waals surface area contributed by atoms with Crippen molar-refractivity contribution in [3.05, 3.63) is 84.5 Å². The molecular weight excluding hydrogens is 887 g/mol. The third-order valence-corrected chi connectivity index (χ3v) is 9.68. The van der Waals surface area contributed by atoms with Crippen LogP contribution in [0.25, 0.3) is 0 Å². The summed E-state index contributed by atoms with van der Waals surface area (Å²) in [5.74, 6) is -1.80. The SMILES string of the molecule is O=c1ccn(CC(F)(F)F)c(C[NH+]2CCOCC2)c1O.O=c1ccn(CC(F)(F)F)c(C[NH+]2CCOCC2)c1O.O=c1ccn(CC(F)(F)F)c(C[NH+]2CCOCC2)c1O.[Fe]. The first-order chi connectivity index (χ1) is 28.1. The van der Waals surface area contributed by atoms with Gasteiger partial charge in [0.2, 0.25) is 16.3 Å². The first kappa shape index (κ1) is 51.3. The van der Waals surface area contributed by atoms with Gasteiger partial charge in [-0.15, -0.1) is 0 Å². The fraction of sp³-hybridized carbons (Fsp3) is 0.583. The first-order valence-electron chi connectivity index (χ1n) is 18.8. The molecule has 3 aromatic heterocycles. The maximum absolute atomic E-state index is 12.5. The molecule has 61 heavy (non-hydrogen) atoms. The minimum absolute atomic E-state index is 0. The number of alkyl halides is 9. The van der Waals surface area contributed by atoms with Crippen LogP contribution in [-0.2, 0) is 70.5 Å². The van der Waals surface area contributed by atoms with Crippen LogP contribution in [0.15, 0.2) is 51.2 Å². The van der Waals surface area contributed by atoms with Gasteiger partial charge in [0.05, 0.1) is 39.6 Å². The van der Waals surface area contributed by atoms with Crippen LogP contribution in [0.3, 0.4) is 0 Å². The molecule has 0 aromatic carbocycles. The Hall–Kier alpha value is -4.10. The van der Waals surface area contributed by atoms with Crippen molar-refractivity contribution < 1.29 is 101 Å². The van der Waals surface area contributed by atoms with Crippen LogP contribution >= 0.6 is 0 Å². The number of quaternary nitrogens is 3. The van der Waals surface area contributed by atoms with Crippen LogP contribution in [0, 0.1) is 0 Å². The van der Waals surface area contributed by atoms with Crippen molar-refractivity contribution in [1.82, 2.24) is 13.7 Å². The molecular formula is C36H48F9FeN6O9+3. The Morgan fingerprint density at radius 3 is 0.869 bits per heavy atom. The van der Waals surface area contributed by atoms with E-state index in [0.29, 0.717) is 78.9 Å². The number of nitrogens with one attached hydrogen (secondary N) is 3. The maximum atomic E-state index is 12.5. The number of hydrogen-bond donors (Lipinski definition) is 6. The Labute approximate surface area is 352 Å². The molecule has 6 heterocycles. The summed E-state index contributed by atoms with van der Waals surface area (Å²) >= 11 is 0. The summed E-state index contributed by atoms with van der Waals surface area (Å²) in [6, 6.07) is 2.83. The average molecular weight is 936 g/mol. The van der Waals surface area contributed by atoms with Gasteiger partial charge in [-0.1, -0.05) is 0 Å². The van der Waals surface area contributed by atoms with Crippen molar-refractivity contribution in [2.24, 2.45) is 0 Å². The number of aromatic hydroxyl groups is 3. The molecule has 25 heteroatoms. The summed E-state index contributed by atoms with van der Waals surface area (Å²) in [5.41, 5.74) is -1.92. The standard InChI is InChI=1S/3C12H15F3N2O3.Fe/c3*13-12(14,15)8-17-2-1-10(18)11(19)9(17)7-16-3-5-20-6-4-16;/h3*1-2,19H,3-8H2;/p+3. The van der Waals surface area contributed by atoms with Gasteiger partial charge in [0.15, 0.2) is 17.2 Å². The molecule has 0 saturated carbocycles. The fourth-order valence-corrected chi connectivity index (χ4v) is 6.62. The zero-order valence-electron chi connectivity index (χ0n) is 32.6. The zero-order valence-corrected chi connectivity index (χ0v) is 33.7. The molecule has 0 unspecified atom stereocenters. The van der Waals surface area contributed by atoms with E-state index in [4.69, 9.17) is 14.2 Å². The number of halogens is 9. The molecule has 0 atom stereocenters. The Morgan fingerprint density at radius 2 is 0.672 bits per heavy atom. The van der Waals surface area contributed by atoms with E-state index in [-0.39, 0.29) is 53.8 Å². The van der Waals surface area contributed by atoms with Crippen molar-refractivity contribution in [1.29, 1.82) is 0 Å². The van der Waals surface area contributed by atoms with Crippen LogP contribution < -0.4 is 31.0 Å². The first-order valence-corrected chi connectivity index (χ1v) is 18.8. The molecule has 344 valence electrons. The van der Waals surface area contributed by atoms with E-state index < -0.39 is 71.7 Å². The number of aromatic nitrogens is 3. The van der Waals surface area contributed by atoms with Crippen molar-refractivity contribution >= 4 is 0 Å². The molecule has 15 nitrogen and oxygen atoms in total. The second kappa shape index (κ2) is 22.8. The predicted molar refractivity (Wildman–Crippen MR) is 191 cm³/mol. The normalized spacial score (nSPS) is 17.1. The van der Waals surface area contributed by atoms with Gasteiger partial charge >= 0.3 is 18.5 Å². The summed E-state index contributed by atoms with van der Waals surface area (Å²) < 4.78 is 131. The molecule has 3 aliphatic rings. The third-order valence-electron chi connectivity index (χ3n) is 9.68. The predicted octanol–water partition coefficient (Wildman–Crippen LogP) is -1.41. The van der Waals surface area contributed by atoms with E-state index in [1.807, 2.05) is 0 Å². The van der Waals surface area contributed by atoms with Crippen LogP contribution in [0.1, 0.15) is 17.1 Å². The van der Waals surface area contributed by atoms with E-state index in [2.05, 4.69) is 0 Å². The summed E-state index contributed by atoms with van der Waals surface area (Å²) in [5, 5.41) is 29.3. The summed E-state index contributed by atoms with van der Waals surface area (Å²) in [7, 11) is 0. The molecule has 3 saturated heterocycles. The minimum Gasteiger partial charge on any atom is -0.503 e. The summed E-state index contributed by atoms with van der Waals surface area (Å²) in [6.07, 6.45) is -10.00. The van der Waals surface area contributed by atoms with Crippen LogP contribution in [0.5, 0.6) is 17.2 Å². The van der Waals surface area contributed by atoms with E-state index in [9.17, 15) is 69.2 Å². The second-order valence-corrected chi connectivity index (χ2v) is 14.3. The molecule has 6 rings (SSSR count). The largest absolute Gasteiger partial charge is 0.503 e. The van der Waals surface area contributed by atoms with E-state index in [1.54, 1.807) is 0 Å². The molecule has 3 aliphatic heterocycles. The topological polar surface area (TPSA) is 168 Å². The molecule has 0 aliphatic carbocycles. The van der Waals surface area contributed by atoms with E-state index >= 15 is 0 Å². The maximum Gasteiger partial charge on any atom is 0.406 e. The summed E-state index contributed by atoms with van der Waals surface area (Å²) in [6.45, 7) is 3.76. The summed E-state index contributed by atoms with van der Waals surface area (Å²) in [4.78, 5) is 37.2. The van der Waals surface area contributed by atoms with Crippen LogP contribution in [0.4, 0.5) is 39.5 Å². The van der Waals surface area contributed by atoms with Crippen LogP contribution in [-0.4, -0.2) is 126 Å². The molecule has 3 aromatic rings. The number of hydrogen-bond acceptors (Lipinski definition) is 9. The Bertz CT molecular complexity index is 1800. The monoisotopic (exact) mass is 935 g/mol. The van der Waals surface area contributed by atoms with E-state index in [0.717, 1.165) is 65.2 Å². The Balaban J connectivity index is 0.000000242. The van der Waals surface area contributed by atoms with Gasteiger partial charge < -0.3 is 57.9 Å². The Morgan fingerprint density at radius 1 is 0.459 bits per heavy atom. The zero-order chi connectivity index (χ0) is 44.3. The van der Waals surface area contributed by atoms with Gasteiger partial charge in [-0.3, -0.25) is 14.4 Å². The van der Waals surface area contributed by atoms with Crippen molar-refractivity contribution in [2.45, 2.75) is 57.8 Å². The number of ether oxygens (including phenoxy) is 3. The number of nitrogens with zero attached hydrogens (tertiary/aromatic N) is 3. The number of morpholine rings is 3. The fourth-order valence-electron chi connectivity index (χ4n) is 6.62. The van der Waals surface area contributed by atoms with Gasteiger partial charge in [0.25, 0.3) is 0 Å².